The quantitative estimate of drug-likeness (QED) is 0.751. The van der Waals surface area contributed by atoms with Gasteiger partial charge in [0.25, 0.3) is 5.91 Å². The summed E-state index contributed by atoms with van der Waals surface area (Å²) in [4.78, 5) is 17.8. The van der Waals surface area contributed by atoms with Crippen LogP contribution in [-0.2, 0) is 22.6 Å². The maximum Gasteiger partial charge on any atom is 0.264 e. The maximum absolute atomic E-state index is 12.4. The highest BCUT2D eigenvalue weighted by molar-refractivity contribution is 6.04. The van der Waals surface area contributed by atoms with Crippen LogP contribution in [0.25, 0.3) is 0 Å². The Balaban J connectivity index is 1.50. The molecule has 0 radical (unpaired) electrons. The number of carbonyl (C=O) groups excluding carboxylic acids is 1. The van der Waals surface area contributed by atoms with E-state index in [1.54, 1.807) is 20.4 Å². The summed E-state index contributed by atoms with van der Waals surface area (Å²) in [5.41, 5.74) is 3.77. The van der Waals surface area contributed by atoms with E-state index in [0.29, 0.717) is 30.9 Å². The molecule has 150 valence electrons. The minimum atomic E-state index is -0.607. The zero-order valence-corrected chi connectivity index (χ0v) is 16.7. The summed E-state index contributed by atoms with van der Waals surface area (Å²) in [5, 5.41) is 11.3. The van der Waals surface area contributed by atoms with Crippen LogP contribution >= 0.6 is 0 Å². The van der Waals surface area contributed by atoms with Crippen LogP contribution in [0.5, 0.6) is 11.5 Å². The molecular formula is C20H26N4O4. The van der Waals surface area contributed by atoms with Gasteiger partial charge >= 0.3 is 0 Å². The molecule has 3 rings (SSSR count). The predicted molar refractivity (Wildman–Crippen MR) is 105 cm³/mol. The number of carbonyl (C=O) groups is 1. The number of aromatic nitrogens is 2. The minimum absolute atomic E-state index is 0.167. The number of oxime groups is 1. The summed E-state index contributed by atoms with van der Waals surface area (Å²) >= 11 is 0. The van der Waals surface area contributed by atoms with Crippen LogP contribution in [0, 0.1) is 6.92 Å². The molecule has 1 aliphatic rings. The lowest BCUT2D eigenvalue weighted by Gasteiger charge is -2.11. The first kappa shape index (κ1) is 19.7. The van der Waals surface area contributed by atoms with E-state index in [4.69, 9.17) is 14.3 Å². The van der Waals surface area contributed by atoms with E-state index in [9.17, 15) is 4.79 Å². The molecule has 0 unspecified atom stereocenters. The van der Waals surface area contributed by atoms with Gasteiger partial charge in [-0.3, -0.25) is 9.48 Å². The maximum atomic E-state index is 12.4. The van der Waals surface area contributed by atoms with Gasteiger partial charge in [0.1, 0.15) is 0 Å². The van der Waals surface area contributed by atoms with E-state index in [2.05, 4.69) is 15.6 Å². The lowest BCUT2D eigenvalue weighted by atomic mass is 10.1. The predicted octanol–water partition coefficient (Wildman–Crippen LogP) is 2.08. The van der Waals surface area contributed by atoms with Gasteiger partial charge in [0, 0.05) is 30.8 Å². The standard InChI is InChI=1S/C20H26N4O4/c1-5-24-13(2)15(12-22-24)16-11-19(28-23-16)20(25)21-9-8-14-6-7-17(26-3)18(10-14)27-4/h6-7,10,12,19H,5,8-9,11H2,1-4H3,(H,21,25)/t19-/m1/s1. The molecule has 0 bridgehead atoms. The number of ether oxygens (including phenoxy) is 2. The Morgan fingerprint density at radius 1 is 1.32 bits per heavy atom. The molecule has 8 nitrogen and oxygen atoms in total. The lowest BCUT2D eigenvalue weighted by Crippen LogP contribution is -2.36. The van der Waals surface area contributed by atoms with Crippen molar-refractivity contribution in [2.24, 2.45) is 5.16 Å². The highest BCUT2D eigenvalue weighted by Crippen LogP contribution is 2.27. The number of nitrogens with one attached hydrogen (secondary N) is 1. The fourth-order valence-electron chi connectivity index (χ4n) is 3.21. The van der Waals surface area contributed by atoms with E-state index < -0.39 is 6.10 Å². The summed E-state index contributed by atoms with van der Waals surface area (Å²) in [6.45, 7) is 5.31. The average Bonchev–Trinajstić information content (AvgIpc) is 3.34. The molecule has 1 aromatic heterocycles. The fourth-order valence-corrected chi connectivity index (χ4v) is 3.21. The third-order valence-corrected chi connectivity index (χ3v) is 4.84. The average molecular weight is 386 g/mol. The summed E-state index contributed by atoms with van der Waals surface area (Å²) in [5.74, 6) is 1.19. The van der Waals surface area contributed by atoms with Gasteiger partial charge in [0.2, 0.25) is 6.10 Å². The van der Waals surface area contributed by atoms with Crippen LogP contribution in [0.2, 0.25) is 0 Å². The molecule has 1 aromatic carbocycles. The zero-order chi connectivity index (χ0) is 20.1. The second-order valence-electron chi connectivity index (χ2n) is 6.53. The van der Waals surface area contributed by atoms with Crippen LogP contribution in [-0.4, -0.2) is 48.3 Å². The first-order chi connectivity index (χ1) is 13.6. The van der Waals surface area contributed by atoms with Crippen molar-refractivity contribution < 1.29 is 19.1 Å². The van der Waals surface area contributed by atoms with Gasteiger partial charge in [-0.05, 0) is 38.0 Å². The molecule has 0 aliphatic carbocycles. The number of hydrogen-bond acceptors (Lipinski definition) is 6. The van der Waals surface area contributed by atoms with Gasteiger partial charge in [0.05, 0.1) is 26.1 Å². The Bertz CT molecular complexity index is 875. The van der Waals surface area contributed by atoms with Crippen LogP contribution < -0.4 is 14.8 Å². The normalized spacial score (nSPS) is 15.7. The van der Waals surface area contributed by atoms with Gasteiger partial charge in [-0.1, -0.05) is 11.2 Å². The van der Waals surface area contributed by atoms with Gasteiger partial charge in [-0.15, -0.1) is 0 Å². The Morgan fingerprint density at radius 3 is 2.79 bits per heavy atom. The minimum Gasteiger partial charge on any atom is -0.493 e. The molecule has 0 spiro atoms. The lowest BCUT2D eigenvalue weighted by molar-refractivity contribution is -0.131. The van der Waals surface area contributed by atoms with E-state index in [1.807, 2.05) is 36.7 Å². The van der Waals surface area contributed by atoms with E-state index in [1.165, 1.54) is 0 Å². The van der Waals surface area contributed by atoms with Crippen LogP contribution in [0.1, 0.15) is 30.2 Å². The van der Waals surface area contributed by atoms with Gasteiger partial charge in [0.15, 0.2) is 11.5 Å². The van der Waals surface area contributed by atoms with E-state index in [-0.39, 0.29) is 5.91 Å². The van der Waals surface area contributed by atoms with Crippen molar-refractivity contribution in [1.82, 2.24) is 15.1 Å². The van der Waals surface area contributed by atoms with Crippen LogP contribution in [0.15, 0.2) is 29.6 Å². The molecule has 1 aliphatic heterocycles. The Morgan fingerprint density at radius 2 is 2.11 bits per heavy atom. The molecule has 1 amide bonds. The first-order valence-corrected chi connectivity index (χ1v) is 9.31. The molecule has 0 saturated heterocycles. The van der Waals surface area contributed by atoms with Crippen LogP contribution in [0.3, 0.4) is 0 Å². The molecule has 28 heavy (non-hydrogen) atoms. The highest BCUT2D eigenvalue weighted by atomic mass is 16.6. The molecule has 0 saturated carbocycles. The number of nitrogens with zero attached hydrogens (tertiary/aromatic N) is 3. The van der Waals surface area contributed by atoms with Gasteiger partial charge in [-0.25, -0.2) is 0 Å². The van der Waals surface area contributed by atoms with Crippen LogP contribution in [0.4, 0.5) is 0 Å². The van der Waals surface area contributed by atoms with Gasteiger partial charge in [-0.2, -0.15) is 5.10 Å². The van der Waals surface area contributed by atoms with Gasteiger partial charge < -0.3 is 19.6 Å². The SMILES string of the molecule is CCn1ncc(C2=NO[C@@H](C(=O)NCCc3ccc(OC)c(OC)c3)C2)c1C. The molecule has 1 atom stereocenters. The topological polar surface area (TPSA) is 87.0 Å². The van der Waals surface area contributed by atoms with Crippen molar-refractivity contribution in [3.05, 3.63) is 41.2 Å². The number of amides is 1. The smallest absolute Gasteiger partial charge is 0.264 e. The van der Waals surface area contributed by atoms with E-state index in [0.717, 1.165) is 29.1 Å². The number of rotatable bonds is 8. The van der Waals surface area contributed by atoms with Crippen molar-refractivity contribution >= 4 is 11.6 Å². The molecular weight excluding hydrogens is 360 g/mol. The molecule has 0 fully saturated rings. The van der Waals surface area contributed by atoms with Crippen molar-refractivity contribution in [2.45, 2.75) is 39.3 Å². The molecule has 8 heteroatoms. The van der Waals surface area contributed by atoms with Crippen molar-refractivity contribution in [3.8, 4) is 11.5 Å². The number of benzene rings is 1. The summed E-state index contributed by atoms with van der Waals surface area (Å²) in [6.07, 6.45) is 2.29. The number of hydrogen-bond donors (Lipinski definition) is 1. The Kier molecular flexibility index (Phi) is 6.18. The number of aryl methyl sites for hydroxylation is 1. The third-order valence-electron chi connectivity index (χ3n) is 4.84. The monoisotopic (exact) mass is 386 g/mol. The second-order valence-corrected chi connectivity index (χ2v) is 6.53. The summed E-state index contributed by atoms with van der Waals surface area (Å²) in [6, 6.07) is 5.72. The Labute approximate surface area is 164 Å². The van der Waals surface area contributed by atoms with Crippen molar-refractivity contribution in [3.63, 3.8) is 0 Å². The van der Waals surface area contributed by atoms with E-state index >= 15 is 0 Å². The van der Waals surface area contributed by atoms with Crippen molar-refractivity contribution in [1.29, 1.82) is 0 Å². The highest BCUT2D eigenvalue weighted by Gasteiger charge is 2.30. The summed E-state index contributed by atoms with van der Waals surface area (Å²) in [7, 11) is 3.20. The molecule has 2 aromatic rings. The molecule has 2 heterocycles. The first-order valence-electron chi connectivity index (χ1n) is 9.31. The second kappa shape index (κ2) is 8.77. The van der Waals surface area contributed by atoms with Crippen molar-refractivity contribution in [2.75, 3.05) is 20.8 Å². The fraction of sp³-hybridized carbons (Fsp3) is 0.450. The third kappa shape index (κ3) is 4.11. The Hall–Kier alpha value is -3.03. The molecule has 1 N–H and O–H groups in total. The largest absolute Gasteiger partial charge is 0.493 e. The number of methoxy groups -OCH3 is 2. The summed E-state index contributed by atoms with van der Waals surface area (Å²) < 4.78 is 12.4. The zero-order valence-electron chi connectivity index (χ0n) is 16.7.